The van der Waals surface area contributed by atoms with Gasteiger partial charge in [-0.1, -0.05) is 42.8 Å². The van der Waals surface area contributed by atoms with Crippen molar-refractivity contribution in [2.45, 2.75) is 33.1 Å². The van der Waals surface area contributed by atoms with E-state index in [0.29, 0.717) is 6.61 Å². The van der Waals surface area contributed by atoms with Crippen LogP contribution in [0.2, 0.25) is 0 Å². The first-order chi connectivity index (χ1) is 8.15. The first-order valence-corrected chi connectivity index (χ1v) is 6.00. The Bertz CT molecular complexity index is 375. The second-order valence-corrected chi connectivity index (χ2v) is 4.28. The molecular formula is C15H20O2. The standard InChI is InChI=1S/C15H20O2/c1-4-14(13-8-6-5-7-9-13)15(16)17-11-10-12(2)3/h5-10,14H,4,11H2,1-3H3. The lowest BCUT2D eigenvalue weighted by Crippen LogP contribution is -2.15. The fraction of sp³-hybridized carbons (Fsp3) is 0.400. The fourth-order valence-corrected chi connectivity index (χ4v) is 1.61. The summed E-state index contributed by atoms with van der Waals surface area (Å²) in [6.45, 7) is 6.34. The number of carbonyl (C=O) groups excluding carboxylic acids is 1. The zero-order valence-corrected chi connectivity index (χ0v) is 10.8. The van der Waals surface area contributed by atoms with Gasteiger partial charge in [0.05, 0.1) is 5.92 Å². The van der Waals surface area contributed by atoms with E-state index < -0.39 is 0 Å². The van der Waals surface area contributed by atoms with E-state index in [1.54, 1.807) is 0 Å². The molecule has 92 valence electrons. The van der Waals surface area contributed by atoms with Gasteiger partial charge in [0.15, 0.2) is 0 Å². The number of rotatable bonds is 5. The highest BCUT2D eigenvalue weighted by Gasteiger charge is 2.19. The van der Waals surface area contributed by atoms with Crippen LogP contribution in [-0.2, 0) is 9.53 Å². The van der Waals surface area contributed by atoms with Gasteiger partial charge < -0.3 is 4.74 Å². The third-order valence-electron chi connectivity index (χ3n) is 2.61. The van der Waals surface area contributed by atoms with Crippen LogP contribution in [0.5, 0.6) is 0 Å². The highest BCUT2D eigenvalue weighted by atomic mass is 16.5. The van der Waals surface area contributed by atoms with E-state index in [0.717, 1.165) is 17.6 Å². The molecule has 0 fully saturated rings. The first kappa shape index (κ1) is 13.5. The zero-order chi connectivity index (χ0) is 12.7. The van der Waals surface area contributed by atoms with E-state index in [4.69, 9.17) is 4.74 Å². The summed E-state index contributed by atoms with van der Waals surface area (Å²) in [6, 6.07) is 9.78. The van der Waals surface area contributed by atoms with Crippen molar-refractivity contribution in [3.8, 4) is 0 Å². The Morgan fingerprint density at radius 3 is 2.47 bits per heavy atom. The monoisotopic (exact) mass is 232 g/mol. The lowest BCUT2D eigenvalue weighted by atomic mass is 9.97. The molecule has 0 N–H and O–H groups in total. The van der Waals surface area contributed by atoms with Gasteiger partial charge in [0.25, 0.3) is 0 Å². The Morgan fingerprint density at radius 1 is 1.29 bits per heavy atom. The molecule has 0 spiro atoms. The van der Waals surface area contributed by atoms with Crippen molar-refractivity contribution in [2.24, 2.45) is 0 Å². The summed E-state index contributed by atoms with van der Waals surface area (Å²) < 4.78 is 5.24. The summed E-state index contributed by atoms with van der Waals surface area (Å²) in [5.41, 5.74) is 2.18. The number of carbonyl (C=O) groups is 1. The topological polar surface area (TPSA) is 26.3 Å². The van der Waals surface area contributed by atoms with Crippen LogP contribution in [0.1, 0.15) is 38.7 Å². The summed E-state index contributed by atoms with van der Waals surface area (Å²) in [7, 11) is 0. The van der Waals surface area contributed by atoms with Gasteiger partial charge >= 0.3 is 5.97 Å². The van der Waals surface area contributed by atoms with E-state index in [2.05, 4.69) is 0 Å². The van der Waals surface area contributed by atoms with E-state index in [-0.39, 0.29) is 11.9 Å². The van der Waals surface area contributed by atoms with Crippen LogP contribution in [0, 0.1) is 0 Å². The molecule has 0 amide bonds. The molecule has 0 saturated heterocycles. The van der Waals surface area contributed by atoms with Crippen molar-refractivity contribution in [1.29, 1.82) is 0 Å². The van der Waals surface area contributed by atoms with E-state index in [9.17, 15) is 4.79 Å². The number of hydrogen-bond acceptors (Lipinski definition) is 2. The Balaban J connectivity index is 2.62. The van der Waals surface area contributed by atoms with Gasteiger partial charge in [0.1, 0.15) is 6.61 Å². The number of hydrogen-bond donors (Lipinski definition) is 0. The van der Waals surface area contributed by atoms with Crippen molar-refractivity contribution < 1.29 is 9.53 Å². The maximum atomic E-state index is 11.9. The normalized spacial score (nSPS) is 11.7. The average Bonchev–Trinajstić information content (AvgIpc) is 2.31. The Hall–Kier alpha value is -1.57. The van der Waals surface area contributed by atoms with Crippen molar-refractivity contribution >= 4 is 5.97 Å². The third kappa shape index (κ3) is 4.43. The van der Waals surface area contributed by atoms with Crippen molar-refractivity contribution in [1.82, 2.24) is 0 Å². The molecule has 0 aliphatic rings. The quantitative estimate of drug-likeness (QED) is 0.571. The van der Waals surface area contributed by atoms with Gasteiger partial charge in [-0.25, -0.2) is 0 Å². The molecule has 1 unspecified atom stereocenters. The molecule has 1 aromatic carbocycles. The van der Waals surface area contributed by atoms with Crippen LogP contribution in [0.3, 0.4) is 0 Å². The number of allylic oxidation sites excluding steroid dienone is 1. The summed E-state index contributed by atoms with van der Waals surface area (Å²) >= 11 is 0. The van der Waals surface area contributed by atoms with E-state index >= 15 is 0 Å². The predicted molar refractivity (Wildman–Crippen MR) is 69.9 cm³/mol. The van der Waals surface area contributed by atoms with Crippen molar-refractivity contribution in [3.05, 3.63) is 47.5 Å². The summed E-state index contributed by atoms with van der Waals surface area (Å²) in [5, 5.41) is 0. The minimum atomic E-state index is -0.151. The summed E-state index contributed by atoms with van der Waals surface area (Å²) in [6.07, 6.45) is 2.67. The molecular weight excluding hydrogens is 212 g/mol. The van der Waals surface area contributed by atoms with Crippen LogP contribution in [0.25, 0.3) is 0 Å². The SMILES string of the molecule is CCC(C(=O)OCC=C(C)C)c1ccccc1. The minimum absolute atomic E-state index is 0.142. The molecule has 0 bridgehead atoms. The van der Waals surface area contributed by atoms with Crippen LogP contribution in [0.4, 0.5) is 0 Å². The van der Waals surface area contributed by atoms with Crippen LogP contribution in [-0.4, -0.2) is 12.6 Å². The Kier molecular flexibility index (Phi) is 5.47. The largest absolute Gasteiger partial charge is 0.461 e. The molecule has 0 aliphatic heterocycles. The smallest absolute Gasteiger partial charge is 0.313 e. The van der Waals surface area contributed by atoms with Gasteiger partial charge in [-0.3, -0.25) is 4.79 Å². The van der Waals surface area contributed by atoms with Gasteiger partial charge in [0, 0.05) is 0 Å². The highest BCUT2D eigenvalue weighted by molar-refractivity contribution is 5.78. The molecule has 1 atom stereocenters. The average molecular weight is 232 g/mol. The number of esters is 1. The summed E-state index contributed by atoms with van der Waals surface area (Å²) in [5.74, 6) is -0.294. The predicted octanol–water partition coefficient (Wildman–Crippen LogP) is 3.69. The lowest BCUT2D eigenvalue weighted by molar-refractivity contribution is -0.144. The van der Waals surface area contributed by atoms with Crippen molar-refractivity contribution in [2.75, 3.05) is 6.61 Å². The molecule has 0 saturated carbocycles. The Morgan fingerprint density at radius 2 is 1.94 bits per heavy atom. The maximum Gasteiger partial charge on any atom is 0.313 e. The fourth-order valence-electron chi connectivity index (χ4n) is 1.61. The maximum absolute atomic E-state index is 11.9. The number of benzene rings is 1. The molecule has 2 nitrogen and oxygen atoms in total. The third-order valence-corrected chi connectivity index (χ3v) is 2.61. The molecule has 2 heteroatoms. The lowest BCUT2D eigenvalue weighted by Gasteiger charge is -2.13. The van der Waals surface area contributed by atoms with Crippen molar-refractivity contribution in [3.63, 3.8) is 0 Å². The second-order valence-electron chi connectivity index (χ2n) is 4.28. The number of ether oxygens (including phenoxy) is 1. The summed E-state index contributed by atoms with van der Waals surface area (Å²) in [4.78, 5) is 11.9. The second kappa shape index (κ2) is 6.89. The Labute approximate surface area is 103 Å². The molecule has 1 aromatic rings. The van der Waals surface area contributed by atoms with E-state index in [1.807, 2.05) is 57.2 Å². The molecule has 1 rings (SSSR count). The van der Waals surface area contributed by atoms with Gasteiger partial charge in [-0.05, 0) is 31.9 Å². The zero-order valence-electron chi connectivity index (χ0n) is 10.8. The van der Waals surface area contributed by atoms with Gasteiger partial charge in [-0.15, -0.1) is 0 Å². The van der Waals surface area contributed by atoms with Gasteiger partial charge in [-0.2, -0.15) is 0 Å². The minimum Gasteiger partial charge on any atom is -0.461 e. The molecule has 0 heterocycles. The molecule has 0 aliphatic carbocycles. The van der Waals surface area contributed by atoms with Gasteiger partial charge in [0.2, 0.25) is 0 Å². The highest BCUT2D eigenvalue weighted by Crippen LogP contribution is 2.20. The van der Waals surface area contributed by atoms with Crippen LogP contribution < -0.4 is 0 Å². The molecule has 17 heavy (non-hydrogen) atoms. The van der Waals surface area contributed by atoms with Crippen LogP contribution in [0.15, 0.2) is 42.0 Å². The van der Waals surface area contributed by atoms with Crippen LogP contribution >= 0.6 is 0 Å². The first-order valence-electron chi connectivity index (χ1n) is 6.00. The van der Waals surface area contributed by atoms with E-state index in [1.165, 1.54) is 0 Å². The molecule has 0 radical (unpaired) electrons. The molecule has 0 aromatic heterocycles.